The first-order chi connectivity index (χ1) is 15.5. The first-order valence-corrected chi connectivity index (χ1v) is 11.1. The summed E-state index contributed by atoms with van der Waals surface area (Å²) in [6.45, 7) is 4.75. The van der Waals surface area contributed by atoms with Crippen LogP contribution in [0.3, 0.4) is 0 Å². The molecule has 1 saturated carbocycles. The van der Waals surface area contributed by atoms with Gasteiger partial charge in [-0.15, -0.1) is 0 Å². The van der Waals surface area contributed by atoms with E-state index >= 15 is 0 Å². The maximum absolute atomic E-state index is 11.7. The minimum absolute atomic E-state index is 0.0886. The topological polar surface area (TPSA) is 121 Å². The minimum Gasteiger partial charge on any atom is -0.444 e. The average molecular weight is 443 g/mol. The zero-order valence-electron chi connectivity index (χ0n) is 18.3. The number of H-pyrrole nitrogens is 1. The Bertz CT molecular complexity index is 895. The molecule has 10 nitrogen and oxygen atoms in total. The number of carbonyl (C=O) groups is 2. The number of carbonyl (C=O) groups excluding carboxylic acids is 2. The largest absolute Gasteiger partial charge is 0.444 e. The van der Waals surface area contributed by atoms with E-state index in [0.29, 0.717) is 25.3 Å². The van der Waals surface area contributed by atoms with Crippen LogP contribution in [0.15, 0.2) is 30.6 Å². The summed E-state index contributed by atoms with van der Waals surface area (Å²) in [4.78, 5) is 28.5. The summed E-state index contributed by atoms with van der Waals surface area (Å²) < 4.78 is 10.9. The Morgan fingerprint density at radius 2 is 2.19 bits per heavy atom. The van der Waals surface area contributed by atoms with Gasteiger partial charge in [-0.1, -0.05) is 0 Å². The number of aromatic amines is 1. The lowest BCUT2D eigenvalue weighted by Gasteiger charge is -2.15. The lowest BCUT2D eigenvalue weighted by molar-refractivity contribution is -0.105. The van der Waals surface area contributed by atoms with Gasteiger partial charge < -0.3 is 25.0 Å². The Balaban J connectivity index is 0.000000186. The SMILES string of the molecule is CC1(NC(=O)OC2COC(c3cc(NC=O)n[nH]3)C2)CC1.c1cncc(N2CCCC2)c1. The molecule has 0 aromatic carbocycles. The predicted octanol–water partition coefficient (Wildman–Crippen LogP) is 2.77. The maximum atomic E-state index is 11.7. The van der Waals surface area contributed by atoms with E-state index in [1.54, 1.807) is 6.07 Å². The average Bonchev–Trinajstić information content (AvgIpc) is 3.29. The van der Waals surface area contributed by atoms with Crippen LogP contribution in [0, 0.1) is 0 Å². The summed E-state index contributed by atoms with van der Waals surface area (Å²) in [6, 6.07) is 5.82. The van der Waals surface area contributed by atoms with Crippen molar-refractivity contribution in [3.05, 3.63) is 36.3 Å². The van der Waals surface area contributed by atoms with E-state index in [0.717, 1.165) is 18.5 Å². The van der Waals surface area contributed by atoms with Crippen molar-refractivity contribution in [3.63, 3.8) is 0 Å². The van der Waals surface area contributed by atoms with Gasteiger partial charge in [-0.25, -0.2) is 4.79 Å². The summed E-state index contributed by atoms with van der Waals surface area (Å²) in [5.41, 5.74) is 1.93. The second-order valence-electron chi connectivity index (χ2n) is 8.65. The van der Waals surface area contributed by atoms with Crippen LogP contribution in [0.4, 0.5) is 16.3 Å². The highest BCUT2D eigenvalue weighted by molar-refractivity contribution is 5.69. The molecule has 4 heterocycles. The Morgan fingerprint density at radius 3 is 2.88 bits per heavy atom. The molecule has 0 radical (unpaired) electrons. The van der Waals surface area contributed by atoms with E-state index in [-0.39, 0.29) is 17.7 Å². The van der Waals surface area contributed by atoms with E-state index in [1.165, 1.54) is 31.6 Å². The molecule has 3 fully saturated rings. The number of nitrogens with zero attached hydrogens (tertiary/aromatic N) is 3. The van der Waals surface area contributed by atoms with E-state index in [4.69, 9.17) is 9.47 Å². The number of aromatic nitrogens is 3. The first-order valence-electron chi connectivity index (χ1n) is 11.1. The van der Waals surface area contributed by atoms with Crippen molar-refractivity contribution in [3.8, 4) is 0 Å². The van der Waals surface area contributed by atoms with Gasteiger partial charge in [-0.05, 0) is 44.7 Å². The number of ether oxygens (including phenoxy) is 2. The fourth-order valence-corrected chi connectivity index (χ4v) is 3.79. The van der Waals surface area contributed by atoms with Crippen LogP contribution in [0.2, 0.25) is 0 Å². The lowest BCUT2D eigenvalue weighted by atomic mass is 10.1. The quantitative estimate of drug-likeness (QED) is 0.588. The molecule has 0 bridgehead atoms. The van der Waals surface area contributed by atoms with Gasteiger partial charge in [0.05, 0.1) is 24.2 Å². The summed E-state index contributed by atoms with van der Waals surface area (Å²) in [6.07, 6.45) is 8.64. The monoisotopic (exact) mass is 442 g/mol. The van der Waals surface area contributed by atoms with Crippen LogP contribution in [-0.4, -0.2) is 59.0 Å². The van der Waals surface area contributed by atoms with Gasteiger partial charge in [-0.2, -0.15) is 5.10 Å². The van der Waals surface area contributed by atoms with Crippen LogP contribution in [0.1, 0.15) is 50.8 Å². The zero-order chi connectivity index (χ0) is 22.4. The van der Waals surface area contributed by atoms with Crippen molar-refractivity contribution in [1.29, 1.82) is 0 Å². The van der Waals surface area contributed by atoms with Gasteiger partial charge in [0.25, 0.3) is 0 Å². The van der Waals surface area contributed by atoms with Gasteiger partial charge >= 0.3 is 6.09 Å². The highest BCUT2D eigenvalue weighted by Gasteiger charge is 2.40. The molecule has 32 heavy (non-hydrogen) atoms. The molecule has 2 aromatic heterocycles. The number of hydrogen-bond donors (Lipinski definition) is 3. The fraction of sp³-hybridized carbons (Fsp3) is 0.545. The number of anilines is 2. The molecular formula is C22H30N6O4. The Hall–Kier alpha value is -3.14. The van der Waals surface area contributed by atoms with Gasteiger partial charge in [0.1, 0.15) is 12.2 Å². The van der Waals surface area contributed by atoms with Gasteiger partial charge in [0.15, 0.2) is 5.82 Å². The number of amides is 2. The molecule has 3 aliphatic rings. The smallest absolute Gasteiger partial charge is 0.407 e. The van der Waals surface area contributed by atoms with Gasteiger partial charge in [0.2, 0.25) is 6.41 Å². The van der Waals surface area contributed by atoms with Crippen LogP contribution in [0.5, 0.6) is 0 Å². The highest BCUT2D eigenvalue weighted by Crippen LogP contribution is 2.35. The second-order valence-corrected chi connectivity index (χ2v) is 8.65. The minimum atomic E-state index is -0.392. The normalized spacial score (nSPS) is 23.1. The molecule has 172 valence electrons. The Labute approximate surface area is 187 Å². The zero-order valence-corrected chi connectivity index (χ0v) is 18.3. The van der Waals surface area contributed by atoms with Crippen LogP contribution in [-0.2, 0) is 14.3 Å². The molecule has 3 N–H and O–H groups in total. The number of rotatable bonds is 6. The number of nitrogens with one attached hydrogen (secondary N) is 3. The van der Waals surface area contributed by atoms with E-state index in [9.17, 15) is 9.59 Å². The summed E-state index contributed by atoms with van der Waals surface area (Å²) in [5, 5.41) is 12.0. The van der Waals surface area contributed by atoms with Gasteiger partial charge in [-0.3, -0.25) is 14.9 Å². The van der Waals surface area contributed by atoms with Crippen LogP contribution in [0.25, 0.3) is 0 Å². The first kappa shape index (κ1) is 22.1. The van der Waals surface area contributed by atoms with Crippen molar-refractivity contribution < 1.29 is 19.1 Å². The fourth-order valence-electron chi connectivity index (χ4n) is 3.79. The molecule has 2 atom stereocenters. The van der Waals surface area contributed by atoms with Crippen molar-refractivity contribution >= 4 is 24.0 Å². The molecule has 2 unspecified atom stereocenters. The van der Waals surface area contributed by atoms with E-state index < -0.39 is 6.09 Å². The van der Waals surface area contributed by atoms with E-state index in [2.05, 4.69) is 36.8 Å². The Kier molecular flexibility index (Phi) is 6.89. The number of pyridine rings is 1. The molecule has 2 saturated heterocycles. The molecule has 5 rings (SSSR count). The molecule has 2 aliphatic heterocycles. The molecule has 1 aliphatic carbocycles. The lowest BCUT2D eigenvalue weighted by Crippen LogP contribution is -2.37. The summed E-state index contributed by atoms with van der Waals surface area (Å²) in [5.74, 6) is 0.437. The van der Waals surface area contributed by atoms with Crippen molar-refractivity contribution in [2.24, 2.45) is 0 Å². The van der Waals surface area contributed by atoms with Crippen LogP contribution < -0.4 is 15.5 Å². The molecule has 2 aromatic rings. The maximum Gasteiger partial charge on any atom is 0.407 e. The summed E-state index contributed by atoms with van der Waals surface area (Å²) >= 11 is 0. The van der Waals surface area contributed by atoms with Crippen LogP contribution >= 0.6 is 0 Å². The molecule has 2 amide bonds. The highest BCUT2D eigenvalue weighted by atomic mass is 16.6. The third-order valence-electron chi connectivity index (χ3n) is 5.91. The standard InChI is InChI=1S/C13H18N4O4.C9H12N2/c1-13(2-3-13)15-12(19)21-8-4-10(20-6-8)9-5-11(14-7-18)17-16-9;1-2-7-11(6-1)9-4-3-5-10-8-9/h5,7-8,10H,2-4,6H2,1H3,(H,15,19)(H2,14,16,17,18);3-5,8H,1-2,6-7H2. The molecule has 0 spiro atoms. The Morgan fingerprint density at radius 1 is 1.38 bits per heavy atom. The van der Waals surface area contributed by atoms with E-state index in [1.807, 2.05) is 25.4 Å². The summed E-state index contributed by atoms with van der Waals surface area (Å²) in [7, 11) is 0. The third kappa shape index (κ3) is 5.97. The molecular weight excluding hydrogens is 412 g/mol. The predicted molar refractivity (Wildman–Crippen MR) is 118 cm³/mol. The number of alkyl carbamates (subject to hydrolysis) is 1. The van der Waals surface area contributed by atoms with Gasteiger partial charge in [0, 0.05) is 37.3 Å². The second kappa shape index (κ2) is 9.99. The number of hydrogen-bond acceptors (Lipinski definition) is 7. The van der Waals surface area contributed by atoms with Crippen molar-refractivity contribution in [1.82, 2.24) is 20.5 Å². The van der Waals surface area contributed by atoms with Crippen molar-refractivity contribution in [2.75, 3.05) is 29.9 Å². The third-order valence-corrected chi connectivity index (χ3v) is 5.91. The van der Waals surface area contributed by atoms with Crippen molar-refractivity contribution in [2.45, 2.75) is 56.8 Å². The molecule has 10 heteroatoms.